The quantitative estimate of drug-likeness (QED) is 0.812. The van der Waals surface area contributed by atoms with Crippen LogP contribution in [0.25, 0.3) is 0 Å². The van der Waals surface area contributed by atoms with Crippen molar-refractivity contribution in [2.75, 3.05) is 11.9 Å². The first-order chi connectivity index (χ1) is 9.08. The topological polar surface area (TPSA) is 32.3 Å². The van der Waals surface area contributed by atoms with E-state index in [1.54, 1.807) is 12.1 Å². The van der Waals surface area contributed by atoms with Crippen LogP contribution in [-0.4, -0.2) is 11.7 Å². The Morgan fingerprint density at radius 3 is 2.53 bits per heavy atom. The van der Waals surface area contributed by atoms with E-state index in [-0.39, 0.29) is 0 Å². The molecule has 0 bridgehead atoms. The molecule has 0 radical (unpaired) electrons. The lowest BCUT2D eigenvalue weighted by molar-refractivity contribution is 0.192. The predicted molar refractivity (Wildman–Crippen MR) is 84.1 cm³/mol. The van der Waals surface area contributed by atoms with Crippen LogP contribution in [0.4, 0.5) is 5.69 Å². The molecule has 0 fully saturated rings. The van der Waals surface area contributed by atoms with Gasteiger partial charge in [-0.1, -0.05) is 41.4 Å². The lowest BCUT2D eigenvalue weighted by Gasteiger charge is -2.14. The van der Waals surface area contributed by atoms with Crippen LogP contribution in [0.3, 0.4) is 0 Å². The molecule has 0 aromatic heterocycles. The second-order valence-corrected chi connectivity index (χ2v) is 5.72. The highest BCUT2D eigenvalue weighted by Gasteiger charge is 2.10. The molecule has 2 rings (SSSR count). The van der Waals surface area contributed by atoms with Crippen molar-refractivity contribution in [3.05, 3.63) is 62.5 Å². The summed E-state index contributed by atoms with van der Waals surface area (Å²) in [4.78, 5) is 0. The van der Waals surface area contributed by atoms with E-state index in [2.05, 4.69) is 21.2 Å². The van der Waals surface area contributed by atoms with Crippen molar-refractivity contribution < 1.29 is 5.11 Å². The van der Waals surface area contributed by atoms with Gasteiger partial charge in [0, 0.05) is 27.3 Å². The van der Waals surface area contributed by atoms with Crippen LogP contribution in [-0.2, 0) is 0 Å². The summed E-state index contributed by atoms with van der Waals surface area (Å²) in [5, 5.41) is 14.4. The Morgan fingerprint density at radius 2 is 1.84 bits per heavy atom. The number of benzene rings is 2. The van der Waals surface area contributed by atoms with E-state index in [1.807, 2.05) is 30.3 Å². The van der Waals surface area contributed by atoms with Gasteiger partial charge in [-0.15, -0.1) is 0 Å². The average Bonchev–Trinajstić information content (AvgIpc) is 2.40. The van der Waals surface area contributed by atoms with Gasteiger partial charge in [-0.3, -0.25) is 0 Å². The molecular formula is C14H12BrCl2NO. The Bertz CT molecular complexity index is 577. The van der Waals surface area contributed by atoms with Crippen LogP contribution < -0.4 is 5.32 Å². The third-order valence-corrected chi connectivity index (χ3v) is 4.26. The average molecular weight is 361 g/mol. The van der Waals surface area contributed by atoms with Crippen LogP contribution >= 0.6 is 39.1 Å². The third kappa shape index (κ3) is 3.86. The number of nitrogens with one attached hydrogen (secondary N) is 1. The Hall–Kier alpha value is -0.740. The number of hydrogen-bond donors (Lipinski definition) is 2. The Morgan fingerprint density at radius 1 is 1.11 bits per heavy atom. The summed E-state index contributed by atoms with van der Waals surface area (Å²) in [5.74, 6) is 0. The minimum Gasteiger partial charge on any atom is -0.387 e. The zero-order valence-corrected chi connectivity index (χ0v) is 13.0. The summed E-state index contributed by atoms with van der Waals surface area (Å²) in [6.45, 7) is 0.363. The van der Waals surface area contributed by atoms with Crippen LogP contribution in [0.15, 0.2) is 46.9 Å². The van der Waals surface area contributed by atoms with Gasteiger partial charge in [-0.05, 0) is 40.2 Å². The van der Waals surface area contributed by atoms with Crippen molar-refractivity contribution in [1.29, 1.82) is 0 Å². The van der Waals surface area contributed by atoms with Crippen molar-refractivity contribution in [2.24, 2.45) is 0 Å². The molecule has 2 nitrogen and oxygen atoms in total. The third-order valence-electron chi connectivity index (χ3n) is 2.68. The van der Waals surface area contributed by atoms with Crippen LogP contribution in [0.1, 0.15) is 11.7 Å². The summed E-state index contributed by atoms with van der Waals surface area (Å²) in [7, 11) is 0. The molecule has 0 amide bonds. The number of halogens is 3. The van der Waals surface area contributed by atoms with E-state index in [0.29, 0.717) is 22.2 Å². The Balaban J connectivity index is 2.02. The molecule has 0 aliphatic rings. The molecule has 100 valence electrons. The molecule has 0 aliphatic carbocycles. The van der Waals surface area contributed by atoms with Crippen LogP contribution in [0.5, 0.6) is 0 Å². The highest BCUT2D eigenvalue weighted by atomic mass is 79.9. The van der Waals surface area contributed by atoms with Gasteiger partial charge in [0.25, 0.3) is 0 Å². The zero-order chi connectivity index (χ0) is 13.8. The summed E-state index contributed by atoms with van der Waals surface area (Å²) in [6.07, 6.45) is -0.670. The van der Waals surface area contributed by atoms with Gasteiger partial charge in [-0.25, -0.2) is 0 Å². The predicted octanol–water partition coefficient (Wildman–Crippen LogP) is 4.90. The Labute approximate surface area is 130 Å². The lowest BCUT2D eigenvalue weighted by atomic mass is 10.1. The van der Waals surface area contributed by atoms with Crippen molar-refractivity contribution >= 4 is 44.8 Å². The van der Waals surface area contributed by atoms with Gasteiger partial charge < -0.3 is 10.4 Å². The molecule has 1 unspecified atom stereocenters. The standard InChI is InChI=1S/C14H12BrCl2NO/c15-11-6-5-9(7-13(11)17)18-8-14(19)10-3-1-2-4-12(10)16/h1-7,14,18-19H,8H2. The summed E-state index contributed by atoms with van der Waals surface area (Å²) in [6, 6.07) is 12.8. The lowest BCUT2D eigenvalue weighted by Crippen LogP contribution is -2.12. The highest BCUT2D eigenvalue weighted by molar-refractivity contribution is 9.10. The fourth-order valence-electron chi connectivity index (χ4n) is 1.68. The van der Waals surface area contributed by atoms with Gasteiger partial charge >= 0.3 is 0 Å². The molecule has 2 aromatic carbocycles. The van der Waals surface area contributed by atoms with Crippen molar-refractivity contribution in [3.63, 3.8) is 0 Å². The van der Waals surface area contributed by atoms with Crippen molar-refractivity contribution in [1.82, 2.24) is 0 Å². The summed E-state index contributed by atoms with van der Waals surface area (Å²) < 4.78 is 0.839. The first-order valence-electron chi connectivity index (χ1n) is 5.69. The second kappa shape index (κ2) is 6.62. The van der Waals surface area contributed by atoms with E-state index in [0.717, 1.165) is 10.2 Å². The second-order valence-electron chi connectivity index (χ2n) is 4.05. The molecule has 0 saturated carbocycles. The first kappa shape index (κ1) is 14.7. The van der Waals surface area contributed by atoms with E-state index >= 15 is 0 Å². The molecular weight excluding hydrogens is 349 g/mol. The van der Waals surface area contributed by atoms with Gasteiger partial charge in [0.15, 0.2) is 0 Å². The normalized spacial score (nSPS) is 12.2. The summed E-state index contributed by atoms with van der Waals surface area (Å²) in [5.41, 5.74) is 1.55. The SMILES string of the molecule is OC(CNc1ccc(Br)c(Cl)c1)c1ccccc1Cl. The molecule has 5 heteroatoms. The van der Waals surface area contributed by atoms with E-state index < -0.39 is 6.10 Å². The molecule has 19 heavy (non-hydrogen) atoms. The molecule has 0 heterocycles. The fraction of sp³-hybridized carbons (Fsp3) is 0.143. The van der Waals surface area contributed by atoms with Gasteiger partial charge in [-0.2, -0.15) is 0 Å². The molecule has 0 spiro atoms. The maximum atomic E-state index is 10.1. The molecule has 0 aliphatic heterocycles. The number of aliphatic hydroxyl groups is 1. The number of anilines is 1. The first-order valence-corrected chi connectivity index (χ1v) is 7.24. The van der Waals surface area contributed by atoms with E-state index in [9.17, 15) is 5.11 Å². The highest BCUT2D eigenvalue weighted by Crippen LogP contribution is 2.27. The van der Waals surface area contributed by atoms with Crippen molar-refractivity contribution in [3.8, 4) is 0 Å². The molecule has 2 aromatic rings. The minimum absolute atomic E-state index is 0.363. The largest absolute Gasteiger partial charge is 0.387 e. The monoisotopic (exact) mass is 359 g/mol. The van der Waals surface area contributed by atoms with E-state index in [4.69, 9.17) is 23.2 Å². The molecule has 1 atom stereocenters. The Kier molecular flexibility index (Phi) is 5.11. The maximum Gasteiger partial charge on any atom is 0.0976 e. The fourth-order valence-corrected chi connectivity index (χ4v) is 2.36. The zero-order valence-electron chi connectivity index (χ0n) is 9.91. The van der Waals surface area contributed by atoms with Crippen molar-refractivity contribution in [2.45, 2.75) is 6.10 Å². The molecule has 2 N–H and O–H groups in total. The number of rotatable bonds is 4. The molecule has 0 saturated heterocycles. The van der Waals surface area contributed by atoms with Gasteiger partial charge in [0.2, 0.25) is 0 Å². The maximum absolute atomic E-state index is 10.1. The van der Waals surface area contributed by atoms with Gasteiger partial charge in [0.1, 0.15) is 0 Å². The number of aliphatic hydroxyl groups excluding tert-OH is 1. The number of hydrogen-bond acceptors (Lipinski definition) is 2. The summed E-state index contributed by atoms with van der Waals surface area (Å²) >= 11 is 15.4. The smallest absolute Gasteiger partial charge is 0.0976 e. The van der Waals surface area contributed by atoms with Crippen LogP contribution in [0, 0.1) is 0 Å². The van der Waals surface area contributed by atoms with Gasteiger partial charge in [0.05, 0.1) is 11.1 Å². The van der Waals surface area contributed by atoms with E-state index in [1.165, 1.54) is 0 Å². The minimum atomic E-state index is -0.670. The van der Waals surface area contributed by atoms with Crippen LogP contribution in [0.2, 0.25) is 10.0 Å².